The molecule has 0 bridgehead atoms. The molecule has 0 aliphatic heterocycles. The van der Waals surface area contributed by atoms with Gasteiger partial charge >= 0.3 is 35.8 Å². The summed E-state index contributed by atoms with van der Waals surface area (Å²) in [5, 5.41) is 18.2. The van der Waals surface area contributed by atoms with Crippen molar-refractivity contribution in [2.45, 2.75) is 246 Å². The van der Waals surface area contributed by atoms with Crippen LogP contribution in [0.4, 0.5) is 5.69 Å². The molecule has 71 heavy (non-hydrogen) atoms. The van der Waals surface area contributed by atoms with Gasteiger partial charge in [-0.1, -0.05) is 0 Å². The Hall–Kier alpha value is -5.62. The number of hydrogen-bond acceptors (Lipinski definition) is 16. The van der Waals surface area contributed by atoms with E-state index >= 15 is 0 Å². The molecule has 0 heterocycles. The molecule has 2 N–H and O–H groups in total. The molecule has 19 nitrogen and oxygen atoms in total. The maximum absolute atomic E-state index is 14.6. The van der Waals surface area contributed by atoms with Gasteiger partial charge in [0.15, 0.2) is 0 Å². The zero-order valence-electron chi connectivity index (χ0n) is 45.7. The van der Waals surface area contributed by atoms with Crippen molar-refractivity contribution in [3.63, 3.8) is 0 Å². The van der Waals surface area contributed by atoms with Crippen LogP contribution in [0.2, 0.25) is 0 Å². The fraction of sp³-hybridized carbons (Fsp3) is 0.731. The number of nitrogens with zero attached hydrogens (tertiary/aromatic N) is 1. The van der Waals surface area contributed by atoms with E-state index in [0.29, 0.717) is 0 Å². The van der Waals surface area contributed by atoms with Gasteiger partial charge < -0.3 is 39.1 Å². The predicted molar refractivity (Wildman–Crippen MR) is 264 cm³/mol. The molecule has 0 aliphatic rings. The van der Waals surface area contributed by atoms with Gasteiger partial charge in [0.25, 0.3) is 17.5 Å². The second-order valence-electron chi connectivity index (χ2n) is 24.0. The van der Waals surface area contributed by atoms with Crippen molar-refractivity contribution >= 4 is 53.3 Å². The van der Waals surface area contributed by atoms with E-state index in [1.54, 1.807) is 125 Å². The van der Waals surface area contributed by atoms with Gasteiger partial charge in [0.2, 0.25) is 0 Å². The Labute approximate surface area is 420 Å². The lowest BCUT2D eigenvalue weighted by atomic mass is 9.82. The number of hydrogen-bond donors (Lipinski definition) is 2. The largest absolute Gasteiger partial charge is 0.460 e. The van der Waals surface area contributed by atoms with Gasteiger partial charge in [0, 0.05) is 72.9 Å². The lowest BCUT2D eigenvalue weighted by molar-refractivity contribution is -0.384. The molecule has 1 aromatic rings. The molecule has 1 rings (SSSR count). The van der Waals surface area contributed by atoms with Gasteiger partial charge in [-0.15, -0.1) is 0 Å². The van der Waals surface area contributed by atoms with Crippen LogP contribution in [0.5, 0.6) is 0 Å². The molecule has 1 aromatic carbocycles. The number of benzene rings is 1. The molecule has 0 unspecified atom stereocenters. The van der Waals surface area contributed by atoms with Crippen molar-refractivity contribution in [3.05, 3.63) is 39.4 Å². The second kappa shape index (κ2) is 25.2. The summed E-state index contributed by atoms with van der Waals surface area (Å²) in [5.74, 6) is -5.80. The van der Waals surface area contributed by atoms with E-state index in [2.05, 4.69) is 10.6 Å². The number of nitrogens with one attached hydrogen (secondary N) is 2. The third-order valence-electron chi connectivity index (χ3n) is 9.78. The van der Waals surface area contributed by atoms with Gasteiger partial charge in [0.05, 0.1) is 4.92 Å². The number of carbonyl (C=O) groups is 8. The Bertz CT molecular complexity index is 1770. The van der Waals surface area contributed by atoms with Crippen LogP contribution in [0.25, 0.3) is 0 Å². The number of amides is 2. The minimum Gasteiger partial charge on any atom is -0.460 e. The molecule has 0 aromatic heterocycles. The van der Waals surface area contributed by atoms with Crippen molar-refractivity contribution in [1.82, 2.24) is 10.6 Å². The summed E-state index contributed by atoms with van der Waals surface area (Å²) in [4.78, 5) is 120. The van der Waals surface area contributed by atoms with Gasteiger partial charge in [0.1, 0.15) is 33.6 Å². The number of rotatable bonds is 23. The lowest BCUT2D eigenvalue weighted by Crippen LogP contribution is -2.50. The summed E-state index contributed by atoms with van der Waals surface area (Å²) in [6.07, 6.45) is -2.76. The number of nitro benzene ring substituents is 1. The fourth-order valence-corrected chi connectivity index (χ4v) is 7.13. The average molecular weight is 1010 g/mol. The molecule has 19 heteroatoms. The first-order valence-corrected chi connectivity index (χ1v) is 24.1. The molecule has 0 spiro atoms. The first-order valence-electron chi connectivity index (χ1n) is 24.1. The molecule has 0 saturated carbocycles. The quantitative estimate of drug-likeness (QED) is 0.0448. The minimum absolute atomic E-state index is 0.170. The van der Waals surface area contributed by atoms with Crippen molar-refractivity contribution in [2.24, 2.45) is 0 Å². The molecular formula is C52H83N3O16. The third kappa shape index (κ3) is 28.1. The van der Waals surface area contributed by atoms with Crippen LogP contribution < -0.4 is 10.6 Å². The van der Waals surface area contributed by atoms with E-state index in [-0.39, 0.29) is 88.2 Å². The Morgan fingerprint density at radius 2 is 0.563 bits per heavy atom. The first-order chi connectivity index (χ1) is 31.9. The van der Waals surface area contributed by atoms with Crippen molar-refractivity contribution < 1.29 is 71.7 Å². The summed E-state index contributed by atoms with van der Waals surface area (Å²) in [7, 11) is 0. The summed E-state index contributed by atoms with van der Waals surface area (Å²) in [6.45, 7) is 30.1. The number of carbonyl (C=O) groups excluding carboxylic acids is 8. The van der Waals surface area contributed by atoms with E-state index in [9.17, 15) is 48.5 Å². The van der Waals surface area contributed by atoms with Crippen molar-refractivity contribution in [3.8, 4) is 0 Å². The summed E-state index contributed by atoms with van der Waals surface area (Å²) < 4.78 is 33.3. The molecule has 0 atom stereocenters. The highest BCUT2D eigenvalue weighted by molar-refractivity contribution is 6.01. The average Bonchev–Trinajstić information content (AvgIpc) is 3.14. The zero-order valence-corrected chi connectivity index (χ0v) is 45.7. The van der Waals surface area contributed by atoms with E-state index in [0.717, 1.165) is 18.2 Å². The summed E-state index contributed by atoms with van der Waals surface area (Å²) in [5.41, 5.74) is -9.82. The van der Waals surface area contributed by atoms with Crippen LogP contribution in [0, 0.1) is 10.1 Å². The molecule has 0 aliphatic carbocycles. The number of non-ortho nitro benzene ring substituents is 1. The van der Waals surface area contributed by atoms with Gasteiger partial charge in [-0.2, -0.15) is 0 Å². The molecule has 0 fully saturated rings. The van der Waals surface area contributed by atoms with Gasteiger partial charge in [-0.05, 0) is 169 Å². The highest BCUT2D eigenvalue weighted by Gasteiger charge is 2.39. The van der Waals surface area contributed by atoms with Crippen molar-refractivity contribution in [1.29, 1.82) is 0 Å². The maximum Gasteiger partial charge on any atom is 0.306 e. The van der Waals surface area contributed by atoms with E-state index < -0.39 is 103 Å². The Morgan fingerprint density at radius 3 is 0.718 bits per heavy atom. The Balaban J connectivity index is 4.08. The lowest BCUT2D eigenvalue weighted by Gasteiger charge is -2.36. The van der Waals surface area contributed by atoms with Crippen LogP contribution in [0.1, 0.15) is 222 Å². The van der Waals surface area contributed by atoms with Gasteiger partial charge in [-0.3, -0.25) is 48.5 Å². The Kier molecular flexibility index (Phi) is 22.5. The maximum atomic E-state index is 14.6. The Morgan fingerprint density at radius 1 is 0.380 bits per heavy atom. The number of esters is 6. The molecule has 0 saturated heterocycles. The molecular weight excluding hydrogens is 923 g/mol. The zero-order chi connectivity index (χ0) is 55.2. The third-order valence-corrected chi connectivity index (χ3v) is 9.78. The molecule has 0 radical (unpaired) electrons. The highest BCUT2D eigenvalue weighted by atomic mass is 16.6. The molecule has 402 valence electrons. The molecule has 2 amide bonds. The SMILES string of the molecule is CC(C)(C)OC(=O)CCC(CCC(=O)OC(C)(C)C)(CCC(=O)OC(C)(C)C)NC(=O)c1cc(C(=O)NC(CCC(=O)OC(C)(C)C)(CCC(=O)OC(C)(C)C)CCC(=O)OC(C)(C)C)cc([N+](=O)[O-])c1. The normalized spacial score (nSPS) is 12.8. The summed E-state index contributed by atoms with van der Waals surface area (Å²) in [6, 6.07) is 2.97. The number of nitro groups is 1. The van der Waals surface area contributed by atoms with Crippen molar-refractivity contribution in [2.75, 3.05) is 0 Å². The fourth-order valence-electron chi connectivity index (χ4n) is 7.13. The van der Waals surface area contributed by atoms with Crippen LogP contribution in [-0.2, 0) is 57.2 Å². The summed E-state index contributed by atoms with van der Waals surface area (Å²) >= 11 is 0. The predicted octanol–water partition coefficient (Wildman–Crippen LogP) is 9.26. The van der Waals surface area contributed by atoms with Crippen LogP contribution in [0.3, 0.4) is 0 Å². The monoisotopic (exact) mass is 1010 g/mol. The van der Waals surface area contributed by atoms with E-state index in [4.69, 9.17) is 28.4 Å². The minimum atomic E-state index is -1.55. The van der Waals surface area contributed by atoms with E-state index in [1.807, 2.05) is 0 Å². The van der Waals surface area contributed by atoms with Gasteiger partial charge in [-0.25, -0.2) is 0 Å². The highest BCUT2D eigenvalue weighted by Crippen LogP contribution is 2.32. The van der Waals surface area contributed by atoms with Crippen LogP contribution in [-0.4, -0.2) is 97.2 Å². The van der Waals surface area contributed by atoms with Crippen LogP contribution >= 0.6 is 0 Å². The first kappa shape index (κ1) is 63.4. The smallest absolute Gasteiger partial charge is 0.306 e. The standard InChI is InChI=1S/C52H83N3O16/c1-45(2,3)66-37(56)19-25-51(26-20-38(57)67-46(4,5)6,27-21-39(58)68-47(7,8)9)53-43(62)34-31-35(33-36(32-34)55(64)65)44(63)54-52(28-22-40(59)69-48(10,11)12,29-23-41(60)70-49(13,14)15)30-24-42(61)71-50(16,17)18/h31-33H,19-30H2,1-18H3,(H,53,62)(H,54,63). The van der Waals surface area contributed by atoms with E-state index in [1.165, 1.54) is 0 Å². The van der Waals surface area contributed by atoms with Crippen LogP contribution in [0.15, 0.2) is 18.2 Å². The number of ether oxygens (including phenoxy) is 6. The second-order valence-corrected chi connectivity index (χ2v) is 24.0. The topological polar surface area (TPSA) is 259 Å².